The van der Waals surface area contributed by atoms with E-state index in [0.29, 0.717) is 0 Å². The minimum absolute atomic E-state index is 0.0143. The molecule has 0 aliphatic rings. The van der Waals surface area contributed by atoms with Crippen molar-refractivity contribution in [2.45, 2.75) is 22.4 Å². The van der Waals surface area contributed by atoms with E-state index in [9.17, 15) is 26.4 Å². The summed E-state index contributed by atoms with van der Waals surface area (Å²) in [6, 6.07) is 13.7. The number of sulfone groups is 1. The second kappa shape index (κ2) is 7.88. The van der Waals surface area contributed by atoms with Crippen LogP contribution in [0.3, 0.4) is 0 Å². The van der Waals surface area contributed by atoms with Gasteiger partial charge in [-0.1, -0.05) is 17.7 Å². The largest absolute Gasteiger partial charge is 0.573 e. The fraction of sp³-hybridized carbons (Fsp3) is 0.105. The fourth-order valence-corrected chi connectivity index (χ4v) is 4.96. The zero-order valence-corrected chi connectivity index (χ0v) is 16.5. The van der Waals surface area contributed by atoms with Crippen LogP contribution in [0.25, 0.3) is 0 Å². The Morgan fingerprint density at radius 3 is 2.17 bits per heavy atom. The summed E-state index contributed by atoms with van der Waals surface area (Å²) in [4.78, 5) is 12.6. The molecule has 0 radical (unpaired) electrons. The number of nitrogens with one attached hydrogen (secondary N) is 1. The molecule has 10 heteroatoms. The molecule has 0 aliphatic heterocycles. The van der Waals surface area contributed by atoms with Gasteiger partial charge in [-0.2, -0.15) is 0 Å². The van der Waals surface area contributed by atoms with Crippen molar-refractivity contribution in [2.75, 3.05) is 5.32 Å². The molecule has 0 fully saturated rings. The molecule has 0 saturated carbocycles. The lowest BCUT2D eigenvalue weighted by molar-refractivity contribution is -0.274. The first-order valence-electron chi connectivity index (χ1n) is 8.13. The quantitative estimate of drug-likeness (QED) is 0.602. The number of halogens is 3. The highest BCUT2D eigenvalue weighted by Gasteiger charge is 2.31. The van der Waals surface area contributed by atoms with E-state index >= 15 is 0 Å². The topological polar surface area (TPSA) is 72.5 Å². The lowest BCUT2D eigenvalue weighted by atomic mass is 10.2. The van der Waals surface area contributed by atoms with Crippen molar-refractivity contribution in [3.8, 4) is 5.75 Å². The van der Waals surface area contributed by atoms with Crippen molar-refractivity contribution in [1.29, 1.82) is 0 Å². The van der Waals surface area contributed by atoms with Gasteiger partial charge in [-0.05, 0) is 55.5 Å². The number of hydrogen-bond donors (Lipinski definition) is 1. The van der Waals surface area contributed by atoms with E-state index in [0.717, 1.165) is 29.0 Å². The number of carbonyl (C=O) groups is 1. The zero-order valence-electron chi connectivity index (χ0n) is 14.9. The average molecular weight is 441 g/mol. The maximum absolute atomic E-state index is 12.7. The lowest BCUT2D eigenvalue weighted by Gasteiger charge is -2.09. The smallest absolute Gasteiger partial charge is 0.406 e. The highest BCUT2D eigenvalue weighted by Crippen LogP contribution is 2.29. The van der Waals surface area contributed by atoms with Gasteiger partial charge in [0.15, 0.2) is 0 Å². The molecule has 0 spiro atoms. The van der Waals surface area contributed by atoms with E-state index < -0.39 is 27.9 Å². The fourth-order valence-electron chi connectivity index (χ4n) is 2.35. The predicted octanol–water partition coefficient (Wildman–Crippen LogP) is 5.04. The number of alkyl halides is 3. The van der Waals surface area contributed by atoms with Gasteiger partial charge < -0.3 is 10.1 Å². The summed E-state index contributed by atoms with van der Waals surface area (Å²) < 4.78 is 65.6. The summed E-state index contributed by atoms with van der Waals surface area (Å²) in [5.41, 5.74) is 1.16. The van der Waals surface area contributed by atoms with E-state index in [1.54, 1.807) is 12.1 Å². The lowest BCUT2D eigenvalue weighted by Crippen LogP contribution is -2.17. The van der Waals surface area contributed by atoms with Crippen molar-refractivity contribution in [2.24, 2.45) is 0 Å². The van der Waals surface area contributed by atoms with E-state index in [1.807, 2.05) is 6.92 Å². The normalized spacial score (nSPS) is 11.9. The van der Waals surface area contributed by atoms with Crippen LogP contribution in [0.15, 0.2) is 69.8 Å². The number of thiophene rings is 1. The number of carbonyl (C=O) groups excluding carboxylic acids is 1. The first-order chi connectivity index (χ1) is 13.5. The maximum Gasteiger partial charge on any atom is 0.573 e. The standard InChI is InChI=1S/C19H14F3NO4S2/c1-12-2-8-15(9-3-12)29(25,26)17-11-10-16(28-17)18(24)23-13-4-6-14(7-5-13)27-19(20,21)22/h2-11H,1H3,(H,23,24). The van der Waals surface area contributed by atoms with Gasteiger partial charge in [-0.3, -0.25) is 4.79 Å². The Morgan fingerprint density at radius 1 is 0.966 bits per heavy atom. The van der Waals surface area contributed by atoms with E-state index in [1.165, 1.54) is 36.4 Å². The van der Waals surface area contributed by atoms with Crippen LogP contribution >= 0.6 is 11.3 Å². The highest BCUT2D eigenvalue weighted by molar-refractivity contribution is 7.93. The Labute approximate surface area is 168 Å². The minimum Gasteiger partial charge on any atom is -0.406 e. The Balaban J connectivity index is 1.73. The number of hydrogen-bond acceptors (Lipinski definition) is 5. The molecule has 0 atom stereocenters. The summed E-state index contributed by atoms with van der Waals surface area (Å²) in [6.45, 7) is 1.84. The Bertz CT molecular complexity index is 1120. The SMILES string of the molecule is Cc1ccc(S(=O)(=O)c2ccc(C(=O)Nc3ccc(OC(F)(F)F)cc3)s2)cc1. The molecule has 1 N–H and O–H groups in total. The molecule has 0 bridgehead atoms. The van der Waals surface area contributed by atoms with Crippen LogP contribution in [-0.4, -0.2) is 20.7 Å². The number of anilines is 1. The van der Waals surface area contributed by atoms with Crippen molar-refractivity contribution in [3.63, 3.8) is 0 Å². The third-order valence-corrected chi connectivity index (χ3v) is 7.09. The van der Waals surface area contributed by atoms with Crippen LogP contribution in [0.2, 0.25) is 0 Å². The summed E-state index contributed by atoms with van der Waals surface area (Å²) >= 11 is 0.804. The van der Waals surface area contributed by atoms with E-state index in [2.05, 4.69) is 10.1 Å². The van der Waals surface area contributed by atoms with Gasteiger partial charge in [0.25, 0.3) is 5.91 Å². The van der Waals surface area contributed by atoms with Crippen molar-refractivity contribution in [1.82, 2.24) is 0 Å². The molecule has 0 aliphatic carbocycles. The zero-order chi connectivity index (χ0) is 21.2. The molecular formula is C19H14F3NO4S2. The summed E-state index contributed by atoms with van der Waals surface area (Å²) in [7, 11) is -3.75. The van der Waals surface area contributed by atoms with Gasteiger partial charge in [0.1, 0.15) is 9.96 Å². The molecule has 1 amide bonds. The van der Waals surface area contributed by atoms with Gasteiger partial charge in [0, 0.05) is 5.69 Å². The Kier molecular flexibility index (Phi) is 5.67. The predicted molar refractivity (Wildman–Crippen MR) is 102 cm³/mol. The van der Waals surface area contributed by atoms with Gasteiger partial charge >= 0.3 is 6.36 Å². The maximum atomic E-state index is 12.7. The molecular weight excluding hydrogens is 427 g/mol. The number of amides is 1. The van der Waals surface area contributed by atoms with Crippen LogP contribution in [0.4, 0.5) is 18.9 Å². The van der Waals surface area contributed by atoms with Crippen LogP contribution < -0.4 is 10.1 Å². The molecule has 1 aromatic heterocycles. The molecule has 1 heterocycles. The third kappa shape index (κ3) is 5.15. The van der Waals surface area contributed by atoms with Crippen molar-refractivity contribution >= 4 is 32.8 Å². The summed E-state index contributed by atoms with van der Waals surface area (Å²) in [6.07, 6.45) is -4.80. The summed E-state index contributed by atoms with van der Waals surface area (Å²) in [5.74, 6) is -0.997. The minimum atomic E-state index is -4.80. The second-order valence-electron chi connectivity index (χ2n) is 5.96. The molecule has 3 aromatic rings. The molecule has 0 unspecified atom stereocenters. The second-order valence-corrected chi connectivity index (χ2v) is 9.22. The van der Waals surface area contributed by atoms with Crippen LogP contribution in [0.1, 0.15) is 15.2 Å². The van der Waals surface area contributed by atoms with Crippen LogP contribution in [0, 0.1) is 6.92 Å². The van der Waals surface area contributed by atoms with E-state index in [4.69, 9.17) is 0 Å². The third-order valence-electron chi connectivity index (χ3n) is 3.75. The first kappa shape index (κ1) is 20.9. The molecule has 29 heavy (non-hydrogen) atoms. The number of benzene rings is 2. The molecule has 5 nitrogen and oxygen atoms in total. The average Bonchev–Trinajstić information content (AvgIpc) is 3.14. The first-order valence-corrected chi connectivity index (χ1v) is 10.4. The van der Waals surface area contributed by atoms with E-state index in [-0.39, 0.29) is 19.7 Å². The molecule has 0 saturated heterocycles. The van der Waals surface area contributed by atoms with Gasteiger partial charge in [-0.25, -0.2) is 8.42 Å². The number of aryl methyl sites for hydroxylation is 1. The number of rotatable bonds is 5. The van der Waals surface area contributed by atoms with Crippen LogP contribution in [-0.2, 0) is 9.84 Å². The Hall–Kier alpha value is -2.85. The Morgan fingerprint density at radius 2 is 1.59 bits per heavy atom. The number of ether oxygens (including phenoxy) is 1. The van der Waals surface area contributed by atoms with Crippen molar-refractivity contribution < 1.29 is 31.1 Å². The van der Waals surface area contributed by atoms with Crippen molar-refractivity contribution in [3.05, 3.63) is 71.1 Å². The highest BCUT2D eigenvalue weighted by atomic mass is 32.2. The monoisotopic (exact) mass is 441 g/mol. The van der Waals surface area contributed by atoms with Gasteiger partial charge in [0.05, 0.1) is 9.77 Å². The van der Waals surface area contributed by atoms with Gasteiger partial charge in [-0.15, -0.1) is 24.5 Å². The van der Waals surface area contributed by atoms with Gasteiger partial charge in [0.2, 0.25) is 9.84 Å². The van der Waals surface area contributed by atoms with Crippen LogP contribution in [0.5, 0.6) is 5.75 Å². The molecule has 3 rings (SSSR count). The molecule has 152 valence electrons. The molecule has 2 aromatic carbocycles. The summed E-state index contributed by atoms with van der Waals surface area (Å²) in [5, 5.41) is 2.50.